The molecule has 0 bridgehead atoms. The van der Waals surface area contributed by atoms with Gasteiger partial charge in [0.1, 0.15) is 18.3 Å². The summed E-state index contributed by atoms with van der Waals surface area (Å²) in [6, 6.07) is 25.0. The van der Waals surface area contributed by atoms with Gasteiger partial charge in [0, 0.05) is 30.1 Å². The van der Waals surface area contributed by atoms with Gasteiger partial charge < -0.3 is 24.4 Å². The molecule has 2 amide bonds. The third-order valence-electron chi connectivity index (χ3n) is 9.04. The molecule has 270 valence electrons. The Balaban J connectivity index is 1.63. The van der Waals surface area contributed by atoms with E-state index >= 15 is 0 Å². The zero-order valence-corrected chi connectivity index (χ0v) is 30.9. The summed E-state index contributed by atoms with van der Waals surface area (Å²) in [7, 11) is -0.221. The molecular weight excluding hydrogens is 690 g/mol. The lowest BCUT2D eigenvalue weighted by molar-refractivity contribution is -0.140. The minimum atomic E-state index is -4.48. The van der Waals surface area contributed by atoms with Crippen LogP contribution < -0.4 is 23.8 Å². The number of sulfonamides is 1. The molecule has 10 nitrogen and oxygen atoms in total. The van der Waals surface area contributed by atoms with Gasteiger partial charge in [-0.3, -0.25) is 13.9 Å². The average Bonchev–Trinajstić information content (AvgIpc) is 3.65. The second-order valence-corrected chi connectivity index (χ2v) is 14.8. The van der Waals surface area contributed by atoms with Gasteiger partial charge in [0.25, 0.3) is 10.0 Å². The van der Waals surface area contributed by atoms with Crippen molar-refractivity contribution in [3.05, 3.63) is 113 Å². The van der Waals surface area contributed by atoms with Crippen molar-refractivity contribution >= 4 is 39.1 Å². The van der Waals surface area contributed by atoms with E-state index in [1.54, 1.807) is 6.07 Å². The van der Waals surface area contributed by atoms with Crippen molar-refractivity contribution in [2.24, 2.45) is 0 Å². The molecule has 4 aromatic carbocycles. The van der Waals surface area contributed by atoms with Gasteiger partial charge in [-0.15, -0.1) is 0 Å². The third-order valence-corrected chi connectivity index (χ3v) is 11.0. The topological polar surface area (TPSA) is 114 Å². The van der Waals surface area contributed by atoms with Crippen LogP contribution in [-0.4, -0.2) is 65.1 Å². The zero-order chi connectivity index (χ0) is 36.5. The van der Waals surface area contributed by atoms with Crippen LogP contribution in [0, 0.1) is 6.92 Å². The Morgan fingerprint density at radius 3 is 2.16 bits per heavy atom. The first-order chi connectivity index (χ1) is 24.5. The van der Waals surface area contributed by atoms with Gasteiger partial charge in [0.05, 0.1) is 31.9 Å². The average molecular weight is 734 g/mol. The molecule has 0 radical (unpaired) electrons. The molecule has 4 aromatic rings. The number of amides is 2. The number of aryl methyl sites for hydroxylation is 1. The van der Waals surface area contributed by atoms with Crippen molar-refractivity contribution in [3.8, 4) is 17.2 Å². The summed E-state index contributed by atoms with van der Waals surface area (Å²) in [5.74, 6) is -0.177. The van der Waals surface area contributed by atoms with Crippen LogP contribution in [0.15, 0.2) is 95.9 Å². The standard InChI is InChI=1S/C39H44ClN3O7S/c1-27-11-10-14-29(21-27)25-42(34(22-28-12-6-5-7-13-28)39(45)41-31-15-8-9-16-31)38(44)26-43(33-23-30(40)17-19-35(33)48-2)51(46,47)32-18-20-36(49-3)37(24-32)50-4/h5-7,10-14,17-21,23-24,31,34H,8-9,15-16,22,25-26H2,1-4H3,(H,41,45)/t34-/m1/s1. The van der Waals surface area contributed by atoms with Crippen molar-refractivity contribution < 1.29 is 32.2 Å². The molecule has 0 aromatic heterocycles. The van der Waals surface area contributed by atoms with Crippen molar-refractivity contribution in [1.82, 2.24) is 10.2 Å². The molecule has 0 aliphatic heterocycles. The van der Waals surface area contributed by atoms with Gasteiger partial charge in [0.15, 0.2) is 11.5 Å². The Morgan fingerprint density at radius 2 is 1.49 bits per heavy atom. The number of halogens is 1. The van der Waals surface area contributed by atoms with Gasteiger partial charge in [-0.05, 0) is 61.2 Å². The predicted molar refractivity (Wildman–Crippen MR) is 198 cm³/mol. The van der Waals surface area contributed by atoms with E-state index in [9.17, 15) is 18.0 Å². The fourth-order valence-electron chi connectivity index (χ4n) is 6.40. The van der Waals surface area contributed by atoms with Crippen molar-refractivity contribution in [2.75, 3.05) is 32.2 Å². The van der Waals surface area contributed by atoms with Crippen LogP contribution in [-0.2, 0) is 32.6 Å². The van der Waals surface area contributed by atoms with Crippen molar-refractivity contribution in [3.63, 3.8) is 0 Å². The van der Waals surface area contributed by atoms with Gasteiger partial charge in [-0.1, -0.05) is 84.6 Å². The maximum Gasteiger partial charge on any atom is 0.265 e. The van der Waals surface area contributed by atoms with E-state index in [1.807, 2.05) is 61.5 Å². The molecule has 0 heterocycles. The summed E-state index contributed by atoms with van der Waals surface area (Å²) in [4.78, 5) is 30.5. The molecule has 1 saturated carbocycles. The monoisotopic (exact) mass is 733 g/mol. The molecule has 51 heavy (non-hydrogen) atoms. The van der Waals surface area contributed by atoms with E-state index in [4.69, 9.17) is 25.8 Å². The molecule has 0 unspecified atom stereocenters. The Kier molecular flexibility index (Phi) is 12.5. The van der Waals surface area contributed by atoms with Gasteiger partial charge in [0.2, 0.25) is 11.8 Å². The lowest BCUT2D eigenvalue weighted by atomic mass is 10.0. The molecule has 1 N–H and O–H groups in total. The molecule has 1 aliphatic rings. The summed E-state index contributed by atoms with van der Waals surface area (Å²) in [5.41, 5.74) is 2.69. The molecule has 1 atom stereocenters. The largest absolute Gasteiger partial charge is 0.495 e. The van der Waals surface area contributed by atoms with Gasteiger partial charge in [-0.2, -0.15) is 0 Å². The van der Waals surface area contributed by atoms with Gasteiger partial charge >= 0.3 is 0 Å². The Hall–Kier alpha value is -4.74. The lowest BCUT2D eigenvalue weighted by Gasteiger charge is -2.34. The highest BCUT2D eigenvalue weighted by atomic mass is 35.5. The minimum Gasteiger partial charge on any atom is -0.495 e. The second-order valence-electron chi connectivity index (χ2n) is 12.6. The quantitative estimate of drug-likeness (QED) is 0.147. The summed E-state index contributed by atoms with van der Waals surface area (Å²) in [6.07, 6.45) is 3.98. The number of carbonyl (C=O) groups is 2. The fourth-order valence-corrected chi connectivity index (χ4v) is 8.00. The highest BCUT2D eigenvalue weighted by Gasteiger charge is 2.37. The van der Waals surface area contributed by atoms with Gasteiger partial charge in [-0.25, -0.2) is 8.42 Å². The first kappa shape index (κ1) is 37.5. The number of rotatable bonds is 15. The number of nitrogens with zero attached hydrogens (tertiary/aromatic N) is 2. The zero-order valence-electron chi connectivity index (χ0n) is 29.3. The number of methoxy groups -OCH3 is 3. The van der Waals surface area contributed by atoms with Crippen molar-refractivity contribution in [1.29, 1.82) is 0 Å². The summed E-state index contributed by atoms with van der Waals surface area (Å²) >= 11 is 6.42. The van der Waals surface area contributed by atoms with Crippen LogP contribution in [0.5, 0.6) is 17.2 Å². The molecule has 0 saturated heterocycles. The number of benzene rings is 4. The maximum absolute atomic E-state index is 14.9. The molecule has 0 spiro atoms. The van der Waals surface area contributed by atoms with Crippen LogP contribution in [0.2, 0.25) is 5.02 Å². The summed E-state index contributed by atoms with van der Waals surface area (Å²) in [6.45, 7) is 1.35. The van der Waals surface area contributed by atoms with Crippen LogP contribution >= 0.6 is 11.6 Å². The maximum atomic E-state index is 14.9. The number of carbonyl (C=O) groups excluding carboxylic acids is 2. The van der Waals surface area contributed by atoms with E-state index in [1.165, 1.54) is 56.6 Å². The number of nitrogens with one attached hydrogen (secondary N) is 1. The van der Waals surface area contributed by atoms with E-state index < -0.39 is 28.5 Å². The Bertz CT molecular complexity index is 1930. The molecule has 1 aliphatic carbocycles. The highest BCUT2D eigenvalue weighted by Crippen LogP contribution is 2.37. The van der Waals surface area contributed by atoms with Crippen molar-refractivity contribution in [2.45, 2.75) is 62.6 Å². The number of hydrogen-bond acceptors (Lipinski definition) is 7. The number of ether oxygens (including phenoxy) is 3. The van der Waals surface area contributed by atoms with E-state index in [0.29, 0.717) is 5.75 Å². The normalized spacial score (nSPS) is 13.7. The van der Waals surface area contributed by atoms with E-state index in [2.05, 4.69) is 5.32 Å². The highest BCUT2D eigenvalue weighted by molar-refractivity contribution is 7.92. The van der Waals surface area contributed by atoms with Crippen LogP contribution in [0.4, 0.5) is 5.69 Å². The SMILES string of the molecule is COc1ccc(S(=O)(=O)N(CC(=O)N(Cc2cccc(C)c2)[C@H](Cc2ccccc2)C(=O)NC2CCCC2)c2cc(Cl)ccc2OC)cc1OC. The molecule has 5 rings (SSSR count). The Labute approximate surface area is 305 Å². The smallest absolute Gasteiger partial charge is 0.265 e. The minimum absolute atomic E-state index is 0.00402. The lowest BCUT2D eigenvalue weighted by Crippen LogP contribution is -2.54. The van der Waals surface area contributed by atoms with Crippen LogP contribution in [0.1, 0.15) is 42.4 Å². The molecular formula is C39H44ClN3O7S. The number of anilines is 1. The fraction of sp³-hybridized carbons (Fsp3) is 0.333. The molecule has 12 heteroatoms. The van der Waals surface area contributed by atoms with E-state index in [-0.39, 0.29) is 52.0 Å². The second kappa shape index (κ2) is 17.0. The summed E-state index contributed by atoms with van der Waals surface area (Å²) in [5, 5.41) is 3.43. The van der Waals surface area contributed by atoms with E-state index in [0.717, 1.165) is 46.7 Å². The van der Waals surface area contributed by atoms with Crippen LogP contribution in [0.25, 0.3) is 0 Å². The number of hydrogen-bond donors (Lipinski definition) is 1. The van der Waals surface area contributed by atoms with Crippen LogP contribution in [0.3, 0.4) is 0 Å². The molecule has 1 fully saturated rings. The third kappa shape index (κ3) is 9.14. The predicted octanol–water partition coefficient (Wildman–Crippen LogP) is 6.57. The first-order valence-electron chi connectivity index (χ1n) is 16.8. The summed E-state index contributed by atoms with van der Waals surface area (Å²) < 4.78 is 46.6. The Morgan fingerprint density at radius 1 is 0.824 bits per heavy atom. The first-order valence-corrected chi connectivity index (χ1v) is 18.6.